The van der Waals surface area contributed by atoms with E-state index in [2.05, 4.69) is 5.32 Å². The average molecular weight is 322 g/mol. The normalized spacial score (nSPS) is 10.8. The number of amides is 1. The van der Waals surface area contributed by atoms with Gasteiger partial charge in [0.2, 0.25) is 5.91 Å². The van der Waals surface area contributed by atoms with E-state index in [0.29, 0.717) is 21.3 Å². The molecular weight excluding hydrogens is 309 g/mol. The van der Waals surface area contributed by atoms with Crippen LogP contribution in [-0.4, -0.2) is 11.0 Å². The predicted octanol–water partition coefficient (Wildman–Crippen LogP) is 4.14. The Morgan fingerprint density at radius 1 is 1.19 bits per heavy atom. The molecule has 0 heterocycles. The van der Waals surface area contributed by atoms with Crippen LogP contribution in [0.25, 0.3) is 6.08 Å². The first-order valence-electron chi connectivity index (χ1n) is 6.22. The van der Waals surface area contributed by atoms with Gasteiger partial charge in [0.1, 0.15) is 0 Å². The zero-order chi connectivity index (χ0) is 15.2. The van der Waals surface area contributed by atoms with Gasteiger partial charge in [-0.15, -0.1) is 0 Å². The third-order valence-electron chi connectivity index (χ3n) is 2.75. The van der Waals surface area contributed by atoms with Crippen molar-refractivity contribution < 1.29 is 9.90 Å². The molecule has 0 aliphatic rings. The van der Waals surface area contributed by atoms with Gasteiger partial charge in [-0.3, -0.25) is 4.79 Å². The van der Waals surface area contributed by atoms with Gasteiger partial charge in [0.25, 0.3) is 0 Å². The number of anilines is 1. The first-order valence-corrected chi connectivity index (χ1v) is 6.98. The minimum absolute atomic E-state index is 0.0695. The first kappa shape index (κ1) is 15.6. The lowest BCUT2D eigenvalue weighted by molar-refractivity contribution is -0.111. The van der Waals surface area contributed by atoms with Crippen LogP contribution >= 0.6 is 23.2 Å². The first-order chi connectivity index (χ1) is 10.1. The number of carbonyl (C=O) groups excluding carboxylic acids is 1. The third-order valence-corrected chi connectivity index (χ3v) is 3.32. The van der Waals surface area contributed by atoms with E-state index in [1.165, 1.54) is 6.08 Å². The molecule has 21 heavy (non-hydrogen) atoms. The van der Waals surface area contributed by atoms with E-state index >= 15 is 0 Å². The smallest absolute Gasteiger partial charge is 0.248 e. The molecule has 0 aliphatic carbocycles. The highest BCUT2D eigenvalue weighted by Gasteiger charge is 2.01. The maximum Gasteiger partial charge on any atom is 0.248 e. The SMILES string of the molecule is O=C(/C=C\c1ccc(Cl)cc1Cl)Nc1cccc(CO)c1. The number of carbonyl (C=O) groups is 1. The largest absolute Gasteiger partial charge is 0.392 e. The Labute approximate surface area is 132 Å². The lowest BCUT2D eigenvalue weighted by Crippen LogP contribution is -2.07. The van der Waals surface area contributed by atoms with E-state index in [-0.39, 0.29) is 12.5 Å². The second kappa shape index (κ2) is 7.27. The van der Waals surface area contributed by atoms with Crippen molar-refractivity contribution >= 4 is 40.9 Å². The summed E-state index contributed by atoms with van der Waals surface area (Å²) >= 11 is 11.8. The molecule has 2 aromatic carbocycles. The second-order valence-corrected chi connectivity index (χ2v) is 5.19. The molecule has 1 amide bonds. The molecule has 0 unspecified atom stereocenters. The van der Waals surface area contributed by atoms with Crippen LogP contribution in [0.1, 0.15) is 11.1 Å². The lowest BCUT2D eigenvalue weighted by atomic mass is 10.2. The minimum Gasteiger partial charge on any atom is -0.392 e. The summed E-state index contributed by atoms with van der Waals surface area (Å²) in [4.78, 5) is 11.8. The highest BCUT2D eigenvalue weighted by atomic mass is 35.5. The molecule has 0 radical (unpaired) electrons. The molecule has 0 aromatic heterocycles. The molecule has 108 valence electrons. The van der Waals surface area contributed by atoms with Crippen molar-refractivity contribution in [3.05, 3.63) is 69.7 Å². The maximum atomic E-state index is 11.8. The Morgan fingerprint density at radius 2 is 2.00 bits per heavy atom. The summed E-state index contributed by atoms with van der Waals surface area (Å²) in [5.41, 5.74) is 2.07. The molecule has 0 spiro atoms. The van der Waals surface area contributed by atoms with Crippen molar-refractivity contribution in [1.82, 2.24) is 0 Å². The van der Waals surface area contributed by atoms with Crippen LogP contribution in [0.5, 0.6) is 0 Å². The zero-order valence-electron chi connectivity index (χ0n) is 11.0. The molecule has 0 atom stereocenters. The summed E-state index contributed by atoms with van der Waals surface area (Å²) in [6, 6.07) is 12.1. The van der Waals surface area contributed by atoms with Crippen molar-refractivity contribution in [3.8, 4) is 0 Å². The Bertz CT molecular complexity index is 684. The Morgan fingerprint density at radius 3 is 2.71 bits per heavy atom. The summed E-state index contributed by atoms with van der Waals surface area (Å²) in [6.07, 6.45) is 3.00. The van der Waals surface area contributed by atoms with Gasteiger partial charge >= 0.3 is 0 Å². The molecule has 0 fully saturated rings. The summed E-state index contributed by atoms with van der Waals surface area (Å²) < 4.78 is 0. The van der Waals surface area contributed by atoms with E-state index in [1.54, 1.807) is 48.5 Å². The number of aliphatic hydroxyl groups is 1. The fraction of sp³-hybridized carbons (Fsp3) is 0.0625. The van der Waals surface area contributed by atoms with Crippen LogP contribution in [0.4, 0.5) is 5.69 Å². The molecule has 2 N–H and O–H groups in total. The minimum atomic E-state index is -0.281. The van der Waals surface area contributed by atoms with Crippen LogP contribution in [0.3, 0.4) is 0 Å². The molecule has 5 heteroatoms. The standard InChI is InChI=1S/C16H13Cl2NO2/c17-13-6-4-12(15(18)9-13)5-7-16(21)19-14-3-1-2-11(8-14)10-20/h1-9,20H,10H2,(H,19,21)/b7-5-. The highest BCUT2D eigenvalue weighted by molar-refractivity contribution is 6.35. The molecule has 0 saturated carbocycles. The number of aliphatic hydroxyl groups excluding tert-OH is 1. The number of benzene rings is 2. The van der Waals surface area contributed by atoms with Crippen LogP contribution in [0.2, 0.25) is 10.0 Å². The summed E-state index contributed by atoms with van der Waals surface area (Å²) in [7, 11) is 0. The molecule has 2 rings (SSSR count). The van der Waals surface area contributed by atoms with Crippen LogP contribution < -0.4 is 5.32 Å². The van der Waals surface area contributed by atoms with Crippen molar-refractivity contribution in [2.75, 3.05) is 5.32 Å². The number of hydrogen-bond acceptors (Lipinski definition) is 2. The van der Waals surface area contributed by atoms with Crippen molar-refractivity contribution in [1.29, 1.82) is 0 Å². The van der Waals surface area contributed by atoms with Gasteiger partial charge in [-0.1, -0.05) is 41.4 Å². The Kier molecular flexibility index (Phi) is 5.39. The molecule has 2 aromatic rings. The topological polar surface area (TPSA) is 49.3 Å². The van der Waals surface area contributed by atoms with Crippen molar-refractivity contribution in [3.63, 3.8) is 0 Å². The average Bonchev–Trinajstić information content (AvgIpc) is 2.46. The summed E-state index contributed by atoms with van der Waals surface area (Å²) in [5.74, 6) is -0.281. The van der Waals surface area contributed by atoms with E-state index in [9.17, 15) is 4.79 Å². The van der Waals surface area contributed by atoms with Gasteiger partial charge < -0.3 is 10.4 Å². The van der Waals surface area contributed by atoms with Gasteiger partial charge in [-0.2, -0.15) is 0 Å². The third kappa shape index (κ3) is 4.60. The monoisotopic (exact) mass is 321 g/mol. The maximum absolute atomic E-state index is 11.8. The number of rotatable bonds is 4. The molecular formula is C16H13Cl2NO2. The fourth-order valence-corrected chi connectivity index (χ4v) is 2.20. The molecule has 0 bridgehead atoms. The number of hydrogen-bond donors (Lipinski definition) is 2. The molecule has 0 aliphatic heterocycles. The molecule has 0 saturated heterocycles. The van der Waals surface area contributed by atoms with Crippen LogP contribution in [0, 0.1) is 0 Å². The van der Waals surface area contributed by atoms with E-state index in [1.807, 2.05) is 0 Å². The zero-order valence-corrected chi connectivity index (χ0v) is 12.5. The van der Waals surface area contributed by atoms with Gasteiger partial charge in [0, 0.05) is 21.8 Å². The van der Waals surface area contributed by atoms with Gasteiger partial charge in [0.05, 0.1) is 6.61 Å². The Hall–Kier alpha value is -1.81. The summed E-state index contributed by atoms with van der Waals surface area (Å²) in [5, 5.41) is 12.8. The van der Waals surface area contributed by atoms with Gasteiger partial charge in [-0.05, 0) is 41.5 Å². The summed E-state index contributed by atoms with van der Waals surface area (Å²) in [6.45, 7) is -0.0695. The van der Waals surface area contributed by atoms with E-state index < -0.39 is 0 Å². The number of halogens is 2. The number of nitrogens with one attached hydrogen (secondary N) is 1. The Balaban J connectivity index is 2.05. The van der Waals surface area contributed by atoms with Crippen molar-refractivity contribution in [2.45, 2.75) is 6.61 Å². The fourth-order valence-electron chi connectivity index (χ4n) is 1.73. The van der Waals surface area contributed by atoms with Crippen LogP contribution in [-0.2, 0) is 11.4 Å². The van der Waals surface area contributed by atoms with Crippen LogP contribution in [0.15, 0.2) is 48.5 Å². The van der Waals surface area contributed by atoms with E-state index in [4.69, 9.17) is 28.3 Å². The van der Waals surface area contributed by atoms with Gasteiger partial charge in [-0.25, -0.2) is 0 Å². The van der Waals surface area contributed by atoms with E-state index in [0.717, 1.165) is 5.56 Å². The highest BCUT2D eigenvalue weighted by Crippen LogP contribution is 2.22. The second-order valence-electron chi connectivity index (χ2n) is 4.35. The molecule has 3 nitrogen and oxygen atoms in total. The quantitative estimate of drug-likeness (QED) is 0.831. The van der Waals surface area contributed by atoms with Crippen molar-refractivity contribution in [2.24, 2.45) is 0 Å². The van der Waals surface area contributed by atoms with Gasteiger partial charge in [0.15, 0.2) is 0 Å². The lowest BCUT2D eigenvalue weighted by Gasteiger charge is -2.04. The predicted molar refractivity (Wildman–Crippen MR) is 86.5 cm³/mol.